The first-order valence-corrected chi connectivity index (χ1v) is 7.20. The van der Waals surface area contributed by atoms with Crippen LogP contribution in [0.25, 0.3) is 0 Å². The summed E-state index contributed by atoms with van der Waals surface area (Å²) in [4.78, 5) is 0.0619. The molecule has 102 valence electrons. The van der Waals surface area contributed by atoms with Crippen LogP contribution in [0.15, 0.2) is 41.6 Å². The lowest BCUT2D eigenvalue weighted by molar-refractivity contribution is 0.560. The molecule has 1 aromatic heterocycles. The van der Waals surface area contributed by atoms with Crippen LogP contribution in [0, 0.1) is 12.7 Å². The molecule has 0 radical (unpaired) electrons. The first-order chi connectivity index (χ1) is 8.99. The summed E-state index contributed by atoms with van der Waals surface area (Å²) < 4.78 is 41.1. The number of aromatic nitrogens is 2. The Bertz CT molecular complexity index is 654. The molecule has 0 saturated carbocycles. The first kappa shape index (κ1) is 13.7. The number of sulfonamides is 1. The zero-order chi connectivity index (χ0) is 13.9. The molecule has 7 heteroatoms. The fourth-order valence-electron chi connectivity index (χ4n) is 1.59. The van der Waals surface area contributed by atoms with E-state index in [1.54, 1.807) is 23.1 Å². The van der Waals surface area contributed by atoms with Gasteiger partial charge in [-0.25, -0.2) is 17.5 Å². The third kappa shape index (κ3) is 3.39. The Labute approximate surface area is 111 Å². The Balaban J connectivity index is 2.03. The number of hydrogen-bond donors (Lipinski definition) is 1. The average molecular weight is 283 g/mol. The average Bonchev–Trinajstić information content (AvgIpc) is 2.85. The number of halogens is 1. The molecule has 2 rings (SSSR count). The lowest BCUT2D eigenvalue weighted by atomic mass is 10.2. The summed E-state index contributed by atoms with van der Waals surface area (Å²) in [7, 11) is -3.61. The van der Waals surface area contributed by atoms with E-state index >= 15 is 0 Å². The molecule has 1 aromatic carbocycles. The van der Waals surface area contributed by atoms with Gasteiger partial charge in [-0.3, -0.25) is 4.68 Å². The van der Waals surface area contributed by atoms with Crippen LogP contribution in [0.4, 0.5) is 4.39 Å². The summed E-state index contributed by atoms with van der Waals surface area (Å²) in [6, 6.07) is 5.47. The van der Waals surface area contributed by atoms with Gasteiger partial charge in [0.05, 0.1) is 11.4 Å². The van der Waals surface area contributed by atoms with Gasteiger partial charge >= 0.3 is 0 Å². The van der Waals surface area contributed by atoms with E-state index in [-0.39, 0.29) is 11.4 Å². The van der Waals surface area contributed by atoms with Crippen molar-refractivity contribution in [3.05, 3.63) is 48.0 Å². The number of nitrogens with zero attached hydrogens (tertiary/aromatic N) is 2. The normalized spacial score (nSPS) is 11.7. The van der Waals surface area contributed by atoms with Crippen molar-refractivity contribution >= 4 is 10.0 Å². The minimum absolute atomic E-state index is 0.0619. The highest BCUT2D eigenvalue weighted by Gasteiger charge is 2.14. The molecule has 0 unspecified atom stereocenters. The molecular weight excluding hydrogens is 269 g/mol. The molecule has 1 heterocycles. The zero-order valence-corrected chi connectivity index (χ0v) is 11.2. The van der Waals surface area contributed by atoms with Gasteiger partial charge in [-0.1, -0.05) is 0 Å². The van der Waals surface area contributed by atoms with Crippen LogP contribution in [0.2, 0.25) is 0 Å². The van der Waals surface area contributed by atoms with Crippen LogP contribution >= 0.6 is 0 Å². The molecule has 0 saturated heterocycles. The highest BCUT2D eigenvalue weighted by Crippen LogP contribution is 2.13. The predicted molar refractivity (Wildman–Crippen MR) is 68.6 cm³/mol. The van der Waals surface area contributed by atoms with Gasteiger partial charge in [0.15, 0.2) is 0 Å². The molecule has 0 atom stereocenters. The molecular formula is C12H14FN3O2S. The number of benzene rings is 1. The zero-order valence-electron chi connectivity index (χ0n) is 10.4. The molecule has 0 fully saturated rings. The lowest BCUT2D eigenvalue weighted by Crippen LogP contribution is -2.27. The monoisotopic (exact) mass is 283 g/mol. The van der Waals surface area contributed by atoms with Crippen LogP contribution in [0.3, 0.4) is 0 Å². The quantitative estimate of drug-likeness (QED) is 0.900. The minimum Gasteiger partial charge on any atom is -0.271 e. The van der Waals surface area contributed by atoms with Gasteiger partial charge in [-0.15, -0.1) is 0 Å². The standard InChI is InChI=1S/C12H14FN3O2S/c1-10-9-11(3-4-12(10)13)19(17,18)15-6-8-16-7-2-5-14-16/h2-5,7,9,15H,6,8H2,1H3. The maximum absolute atomic E-state index is 13.1. The smallest absolute Gasteiger partial charge is 0.240 e. The highest BCUT2D eigenvalue weighted by atomic mass is 32.2. The van der Waals surface area contributed by atoms with E-state index in [4.69, 9.17) is 0 Å². The Kier molecular flexibility index (Phi) is 3.96. The van der Waals surface area contributed by atoms with Crippen LogP contribution in [-0.2, 0) is 16.6 Å². The van der Waals surface area contributed by atoms with Gasteiger partial charge in [-0.2, -0.15) is 5.10 Å². The largest absolute Gasteiger partial charge is 0.271 e. The van der Waals surface area contributed by atoms with E-state index in [1.807, 2.05) is 0 Å². The molecule has 0 amide bonds. The van der Waals surface area contributed by atoms with Crippen LogP contribution in [-0.4, -0.2) is 24.7 Å². The molecule has 2 aromatic rings. The van der Waals surface area contributed by atoms with Crippen LogP contribution < -0.4 is 4.72 Å². The van der Waals surface area contributed by atoms with Crippen molar-refractivity contribution in [2.24, 2.45) is 0 Å². The number of aryl methyl sites for hydroxylation is 1. The Morgan fingerprint density at radius 1 is 1.42 bits per heavy atom. The predicted octanol–water partition coefficient (Wildman–Crippen LogP) is 1.31. The Hall–Kier alpha value is -1.73. The fraction of sp³-hybridized carbons (Fsp3) is 0.250. The van der Waals surface area contributed by atoms with Crippen molar-refractivity contribution in [3.8, 4) is 0 Å². The second kappa shape index (κ2) is 5.50. The SMILES string of the molecule is Cc1cc(S(=O)(=O)NCCn2cccn2)ccc1F. The molecule has 0 bridgehead atoms. The summed E-state index contributed by atoms with van der Waals surface area (Å²) in [6.45, 7) is 2.19. The maximum atomic E-state index is 13.1. The number of nitrogens with one attached hydrogen (secondary N) is 1. The van der Waals surface area contributed by atoms with E-state index in [1.165, 1.54) is 19.1 Å². The minimum atomic E-state index is -3.61. The van der Waals surface area contributed by atoms with E-state index in [0.717, 1.165) is 6.07 Å². The summed E-state index contributed by atoms with van der Waals surface area (Å²) in [6.07, 6.45) is 3.37. The van der Waals surface area contributed by atoms with Crippen molar-refractivity contribution < 1.29 is 12.8 Å². The summed E-state index contributed by atoms with van der Waals surface area (Å²) in [5.41, 5.74) is 0.301. The molecule has 0 spiro atoms. The topological polar surface area (TPSA) is 64.0 Å². The Morgan fingerprint density at radius 2 is 2.21 bits per heavy atom. The summed E-state index contributed by atoms with van der Waals surface area (Å²) >= 11 is 0. The molecule has 1 N–H and O–H groups in total. The van der Waals surface area contributed by atoms with E-state index in [2.05, 4.69) is 9.82 Å². The molecule has 5 nitrogen and oxygen atoms in total. The van der Waals surface area contributed by atoms with Gasteiger partial charge in [0.2, 0.25) is 10.0 Å². The maximum Gasteiger partial charge on any atom is 0.240 e. The third-order valence-electron chi connectivity index (χ3n) is 2.63. The van der Waals surface area contributed by atoms with Gasteiger partial charge in [0.1, 0.15) is 5.82 Å². The van der Waals surface area contributed by atoms with Gasteiger partial charge < -0.3 is 0 Å². The van der Waals surface area contributed by atoms with E-state index < -0.39 is 15.8 Å². The van der Waals surface area contributed by atoms with Crippen molar-refractivity contribution in [1.29, 1.82) is 0 Å². The first-order valence-electron chi connectivity index (χ1n) is 5.72. The van der Waals surface area contributed by atoms with E-state index in [9.17, 15) is 12.8 Å². The van der Waals surface area contributed by atoms with Gasteiger partial charge in [0, 0.05) is 18.9 Å². The van der Waals surface area contributed by atoms with E-state index in [0.29, 0.717) is 12.1 Å². The fourth-order valence-corrected chi connectivity index (χ4v) is 2.70. The van der Waals surface area contributed by atoms with Gasteiger partial charge in [0.25, 0.3) is 0 Å². The van der Waals surface area contributed by atoms with Crippen LogP contribution in [0.5, 0.6) is 0 Å². The van der Waals surface area contributed by atoms with Crippen molar-refractivity contribution in [3.63, 3.8) is 0 Å². The van der Waals surface area contributed by atoms with Crippen molar-refractivity contribution in [2.75, 3.05) is 6.54 Å². The summed E-state index contributed by atoms with van der Waals surface area (Å²) in [5, 5.41) is 3.97. The number of rotatable bonds is 5. The molecule has 0 aliphatic rings. The van der Waals surface area contributed by atoms with Crippen LogP contribution in [0.1, 0.15) is 5.56 Å². The second-order valence-corrected chi connectivity index (χ2v) is 5.84. The van der Waals surface area contributed by atoms with Gasteiger partial charge in [-0.05, 0) is 36.8 Å². The second-order valence-electron chi connectivity index (χ2n) is 4.08. The van der Waals surface area contributed by atoms with Crippen molar-refractivity contribution in [1.82, 2.24) is 14.5 Å². The lowest BCUT2D eigenvalue weighted by Gasteiger charge is -2.08. The number of hydrogen-bond acceptors (Lipinski definition) is 3. The molecule has 0 aliphatic heterocycles. The molecule has 0 aliphatic carbocycles. The third-order valence-corrected chi connectivity index (χ3v) is 4.09. The Morgan fingerprint density at radius 3 is 2.84 bits per heavy atom. The highest BCUT2D eigenvalue weighted by molar-refractivity contribution is 7.89. The van der Waals surface area contributed by atoms with Crippen molar-refractivity contribution in [2.45, 2.75) is 18.4 Å². The summed E-state index contributed by atoms with van der Waals surface area (Å²) in [5.74, 6) is -0.421. The molecule has 19 heavy (non-hydrogen) atoms.